The number of piperazine rings is 1. The van der Waals surface area contributed by atoms with Crippen LogP contribution in [0.1, 0.15) is 29.2 Å². The summed E-state index contributed by atoms with van der Waals surface area (Å²) in [7, 11) is 1.45. The number of aromatic carboxylic acids is 1. The van der Waals surface area contributed by atoms with Crippen molar-refractivity contribution in [1.82, 2.24) is 9.88 Å². The van der Waals surface area contributed by atoms with Crippen LogP contribution < -0.4 is 20.4 Å². The van der Waals surface area contributed by atoms with Crippen LogP contribution in [0.5, 0.6) is 5.75 Å². The Morgan fingerprint density at radius 1 is 1.35 bits per heavy atom. The van der Waals surface area contributed by atoms with Gasteiger partial charge in [0.15, 0.2) is 11.6 Å². The fraction of sp³-hybridized carbons (Fsp3) is 0.444. The Morgan fingerprint density at radius 3 is 2.62 bits per heavy atom. The molecule has 2 aliphatic rings. The van der Waals surface area contributed by atoms with Crippen LogP contribution in [0.4, 0.5) is 10.1 Å². The van der Waals surface area contributed by atoms with E-state index in [-0.39, 0.29) is 17.0 Å². The van der Waals surface area contributed by atoms with Gasteiger partial charge in [-0.05, 0) is 18.9 Å². The Hall–Kier alpha value is -2.61. The first-order chi connectivity index (χ1) is 12.5. The molecule has 0 bridgehead atoms. The molecular weight excluding hydrogens is 341 g/mol. The lowest BCUT2D eigenvalue weighted by Crippen LogP contribution is -2.44. The van der Waals surface area contributed by atoms with Gasteiger partial charge in [0, 0.05) is 38.4 Å². The van der Waals surface area contributed by atoms with Crippen LogP contribution in [0.2, 0.25) is 0 Å². The van der Waals surface area contributed by atoms with E-state index < -0.39 is 17.2 Å². The number of methoxy groups -OCH3 is 1. The molecule has 4 rings (SSSR count). The fourth-order valence-electron chi connectivity index (χ4n) is 3.61. The average molecular weight is 361 g/mol. The molecule has 138 valence electrons. The van der Waals surface area contributed by atoms with Crippen LogP contribution in [0, 0.1) is 5.82 Å². The highest BCUT2D eigenvalue weighted by Crippen LogP contribution is 2.43. The van der Waals surface area contributed by atoms with Gasteiger partial charge in [-0.25, -0.2) is 9.18 Å². The van der Waals surface area contributed by atoms with Gasteiger partial charge in [-0.2, -0.15) is 0 Å². The number of aromatic nitrogens is 1. The van der Waals surface area contributed by atoms with Crippen molar-refractivity contribution < 1.29 is 19.0 Å². The quantitative estimate of drug-likeness (QED) is 0.861. The molecule has 0 unspecified atom stereocenters. The number of benzene rings is 1. The molecule has 1 saturated heterocycles. The van der Waals surface area contributed by atoms with Crippen LogP contribution in [-0.2, 0) is 0 Å². The van der Waals surface area contributed by atoms with Crippen LogP contribution in [0.3, 0.4) is 0 Å². The molecule has 0 spiro atoms. The van der Waals surface area contributed by atoms with Crippen molar-refractivity contribution in [3.63, 3.8) is 0 Å². The molecule has 1 aliphatic heterocycles. The number of carbonyl (C=O) groups is 1. The van der Waals surface area contributed by atoms with E-state index in [0.717, 1.165) is 32.0 Å². The number of halogens is 1. The van der Waals surface area contributed by atoms with E-state index in [4.69, 9.17) is 4.74 Å². The van der Waals surface area contributed by atoms with E-state index >= 15 is 0 Å². The highest BCUT2D eigenvalue weighted by Gasteiger charge is 2.31. The first-order valence-electron chi connectivity index (χ1n) is 8.67. The van der Waals surface area contributed by atoms with E-state index in [2.05, 4.69) is 5.32 Å². The molecular formula is C18H20FN3O4. The average Bonchev–Trinajstić information content (AvgIpc) is 3.47. The number of anilines is 1. The lowest BCUT2D eigenvalue weighted by atomic mass is 10.1. The number of pyridine rings is 1. The van der Waals surface area contributed by atoms with Crippen LogP contribution in [0.25, 0.3) is 10.9 Å². The maximum Gasteiger partial charge on any atom is 0.341 e. The summed E-state index contributed by atoms with van der Waals surface area (Å²) in [5.41, 5.74) is -0.229. The van der Waals surface area contributed by atoms with E-state index in [1.807, 2.05) is 4.90 Å². The number of hydrogen-bond donors (Lipinski definition) is 2. The molecule has 26 heavy (non-hydrogen) atoms. The minimum atomic E-state index is -1.31. The number of carboxylic acid groups (broad SMARTS) is 1. The molecule has 0 radical (unpaired) electrons. The van der Waals surface area contributed by atoms with Crippen molar-refractivity contribution in [1.29, 1.82) is 0 Å². The highest BCUT2D eigenvalue weighted by molar-refractivity contribution is 5.97. The Balaban J connectivity index is 2.05. The molecule has 2 heterocycles. The molecule has 2 fully saturated rings. The lowest BCUT2D eigenvalue weighted by molar-refractivity contribution is 0.0695. The second kappa shape index (κ2) is 6.28. The predicted octanol–water partition coefficient (Wildman–Crippen LogP) is 1.59. The second-order valence-electron chi connectivity index (χ2n) is 6.69. The monoisotopic (exact) mass is 361 g/mol. The number of nitrogens with one attached hydrogen (secondary N) is 1. The Kier molecular flexibility index (Phi) is 4.07. The summed E-state index contributed by atoms with van der Waals surface area (Å²) in [4.78, 5) is 26.0. The largest absolute Gasteiger partial charge is 0.492 e. The summed E-state index contributed by atoms with van der Waals surface area (Å²) >= 11 is 0. The lowest BCUT2D eigenvalue weighted by Gasteiger charge is -2.31. The van der Waals surface area contributed by atoms with E-state index in [9.17, 15) is 19.1 Å². The van der Waals surface area contributed by atoms with Crippen molar-refractivity contribution in [2.75, 3.05) is 38.2 Å². The van der Waals surface area contributed by atoms with Gasteiger partial charge in [0.2, 0.25) is 5.43 Å². The highest BCUT2D eigenvalue weighted by atomic mass is 19.1. The predicted molar refractivity (Wildman–Crippen MR) is 95.0 cm³/mol. The SMILES string of the molecule is COc1c(N2CCNCC2)c(F)cc2c(=O)c(C(=O)O)cn(C3CC3)c12. The summed E-state index contributed by atoms with van der Waals surface area (Å²) in [6, 6.07) is 1.26. The van der Waals surface area contributed by atoms with Gasteiger partial charge in [0.25, 0.3) is 0 Å². The standard InChI is InChI=1S/C18H20FN3O4/c1-26-17-14-11(8-13(19)15(17)21-6-4-20-5-7-21)16(23)12(18(24)25)9-22(14)10-2-3-10/h8-10,20H,2-7H2,1H3,(H,24,25). The van der Waals surface area contributed by atoms with Crippen molar-refractivity contribution in [2.45, 2.75) is 18.9 Å². The zero-order valence-corrected chi connectivity index (χ0v) is 14.4. The van der Waals surface area contributed by atoms with Crippen molar-refractivity contribution in [3.8, 4) is 5.75 Å². The number of hydrogen-bond acceptors (Lipinski definition) is 5. The van der Waals surface area contributed by atoms with E-state index in [1.54, 1.807) is 4.57 Å². The van der Waals surface area contributed by atoms with Gasteiger partial charge >= 0.3 is 5.97 Å². The number of nitrogens with zero attached hydrogens (tertiary/aromatic N) is 2. The number of ether oxygens (including phenoxy) is 1. The molecule has 2 N–H and O–H groups in total. The molecule has 1 saturated carbocycles. The third kappa shape index (κ3) is 2.61. The molecule has 8 heteroatoms. The Labute approximate surface area is 149 Å². The smallest absolute Gasteiger partial charge is 0.341 e. The number of carboxylic acids is 1. The van der Waals surface area contributed by atoms with Crippen LogP contribution in [-0.4, -0.2) is 48.9 Å². The zero-order chi connectivity index (χ0) is 18.4. The van der Waals surface area contributed by atoms with Gasteiger partial charge in [0.1, 0.15) is 11.3 Å². The van der Waals surface area contributed by atoms with Crippen molar-refractivity contribution >= 4 is 22.6 Å². The molecule has 1 aromatic carbocycles. The summed E-state index contributed by atoms with van der Waals surface area (Å²) in [5, 5.41) is 12.6. The Bertz CT molecular complexity index is 946. The third-order valence-corrected chi connectivity index (χ3v) is 5.01. The second-order valence-corrected chi connectivity index (χ2v) is 6.69. The molecule has 7 nitrogen and oxygen atoms in total. The molecule has 0 atom stereocenters. The van der Waals surface area contributed by atoms with Crippen LogP contribution in [0.15, 0.2) is 17.1 Å². The summed E-state index contributed by atoms with van der Waals surface area (Å²) in [6.07, 6.45) is 3.15. The topological polar surface area (TPSA) is 83.8 Å². The summed E-state index contributed by atoms with van der Waals surface area (Å²) in [6.45, 7) is 2.71. The fourth-order valence-corrected chi connectivity index (χ4v) is 3.61. The molecule has 1 aromatic heterocycles. The maximum absolute atomic E-state index is 15.0. The van der Waals surface area contributed by atoms with Gasteiger partial charge in [-0.15, -0.1) is 0 Å². The molecule has 1 aliphatic carbocycles. The maximum atomic E-state index is 15.0. The third-order valence-electron chi connectivity index (χ3n) is 5.01. The van der Waals surface area contributed by atoms with E-state index in [1.165, 1.54) is 13.3 Å². The first kappa shape index (κ1) is 16.8. The number of fused-ring (bicyclic) bond motifs is 1. The van der Waals surface area contributed by atoms with E-state index in [0.29, 0.717) is 30.0 Å². The summed E-state index contributed by atoms with van der Waals surface area (Å²) in [5.74, 6) is -1.59. The van der Waals surface area contributed by atoms with Crippen molar-refractivity contribution in [2.24, 2.45) is 0 Å². The molecule has 2 aromatic rings. The Morgan fingerprint density at radius 2 is 2.04 bits per heavy atom. The minimum absolute atomic E-state index is 0.0463. The summed E-state index contributed by atoms with van der Waals surface area (Å²) < 4.78 is 22.3. The van der Waals surface area contributed by atoms with Gasteiger partial charge in [0.05, 0.1) is 18.0 Å². The zero-order valence-electron chi connectivity index (χ0n) is 14.4. The van der Waals surface area contributed by atoms with Gasteiger partial charge in [-0.3, -0.25) is 4.79 Å². The first-order valence-corrected chi connectivity index (χ1v) is 8.67. The van der Waals surface area contributed by atoms with Gasteiger partial charge < -0.3 is 24.6 Å². The molecule has 0 amide bonds. The van der Waals surface area contributed by atoms with Crippen LogP contribution >= 0.6 is 0 Å². The van der Waals surface area contributed by atoms with Gasteiger partial charge in [-0.1, -0.05) is 0 Å². The van der Waals surface area contributed by atoms with Crippen molar-refractivity contribution in [3.05, 3.63) is 33.9 Å². The number of rotatable bonds is 4. The minimum Gasteiger partial charge on any atom is -0.492 e. The normalized spacial score (nSPS) is 17.5.